The molecule has 2 heterocycles. The molecule has 4 aromatic rings. The van der Waals surface area contributed by atoms with E-state index in [0.717, 1.165) is 23.1 Å². The second-order valence-electron chi connectivity index (χ2n) is 7.91. The first-order valence-electron chi connectivity index (χ1n) is 10.4. The van der Waals surface area contributed by atoms with Gasteiger partial charge in [0.2, 0.25) is 0 Å². The second-order valence-corrected chi connectivity index (χ2v) is 8.83. The fourth-order valence-corrected chi connectivity index (χ4v) is 4.80. The van der Waals surface area contributed by atoms with Gasteiger partial charge >= 0.3 is 0 Å². The topological polar surface area (TPSA) is 63.1 Å². The molecular weight excluding hydrogens is 442 g/mol. The van der Waals surface area contributed by atoms with Crippen molar-refractivity contribution in [1.82, 2.24) is 14.8 Å². The number of aryl methyl sites for hydroxylation is 1. The van der Waals surface area contributed by atoms with Crippen molar-refractivity contribution in [3.05, 3.63) is 82.2 Å². The minimum atomic E-state index is -0.601. The average Bonchev–Trinajstić information content (AvgIpc) is 3.40. The molecule has 2 atom stereocenters. The number of aliphatic hydroxyl groups is 1. The Labute approximate surface area is 183 Å². The smallest absolute Gasteiger partial charge is 0.119 e. The summed E-state index contributed by atoms with van der Waals surface area (Å²) < 4.78 is 8.61. The Hall–Kier alpha value is -2.57. The first kappa shape index (κ1) is 19.4. The number of aromatic amines is 1. The zero-order chi connectivity index (χ0) is 20.5. The number of H-pyrrole nitrogens is 1. The van der Waals surface area contributed by atoms with Crippen molar-refractivity contribution in [2.75, 3.05) is 6.61 Å². The van der Waals surface area contributed by atoms with Gasteiger partial charge in [-0.05, 0) is 66.8 Å². The van der Waals surface area contributed by atoms with E-state index in [4.69, 9.17) is 4.74 Å². The molecule has 0 saturated carbocycles. The van der Waals surface area contributed by atoms with Gasteiger partial charge in [0.25, 0.3) is 0 Å². The van der Waals surface area contributed by atoms with Crippen molar-refractivity contribution < 1.29 is 9.84 Å². The molecule has 154 valence electrons. The third kappa shape index (κ3) is 3.89. The summed E-state index contributed by atoms with van der Waals surface area (Å²) >= 11 is 3.60. The van der Waals surface area contributed by atoms with E-state index < -0.39 is 6.10 Å². The van der Waals surface area contributed by atoms with Gasteiger partial charge in [0, 0.05) is 39.4 Å². The summed E-state index contributed by atoms with van der Waals surface area (Å²) in [7, 11) is 0. The monoisotopic (exact) mass is 465 g/mol. The molecule has 0 saturated heterocycles. The predicted octanol–water partition coefficient (Wildman–Crippen LogP) is 5.04. The van der Waals surface area contributed by atoms with Crippen LogP contribution in [0.5, 0.6) is 5.75 Å². The van der Waals surface area contributed by atoms with Crippen LogP contribution < -0.4 is 4.74 Å². The summed E-state index contributed by atoms with van der Waals surface area (Å²) in [6, 6.07) is 16.6. The second kappa shape index (κ2) is 8.28. The number of fused-ring (bicyclic) bond motifs is 3. The van der Waals surface area contributed by atoms with Crippen molar-refractivity contribution in [2.45, 2.75) is 37.8 Å². The van der Waals surface area contributed by atoms with Gasteiger partial charge in [-0.25, -0.2) is 0 Å². The number of nitrogens with one attached hydrogen (secondary N) is 1. The van der Waals surface area contributed by atoms with Crippen LogP contribution in [-0.2, 0) is 13.0 Å². The normalized spacial score (nSPS) is 17.1. The molecule has 1 aliphatic carbocycles. The van der Waals surface area contributed by atoms with Crippen LogP contribution in [0.2, 0.25) is 0 Å². The highest BCUT2D eigenvalue weighted by Crippen LogP contribution is 2.40. The fraction of sp³-hybridized carbons (Fsp3) is 0.292. The van der Waals surface area contributed by atoms with Crippen LogP contribution in [0.1, 0.15) is 35.6 Å². The molecule has 0 radical (unpaired) electrons. The average molecular weight is 466 g/mol. The van der Waals surface area contributed by atoms with Gasteiger partial charge in [0.1, 0.15) is 18.5 Å². The van der Waals surface area contributed by atoms with Crippen LogP contribution in [0.3, 0.4) is 0 Å². The van der Waals surface area contributed by atoms with E-state index in [1.807, 2.05) is 24.4 Å². The number of hydrogen-bond acceptors (Lipinski definition) is 3. The first-order chi connectivity index (χ1) is 14.7. The zero-order valence-corrected chi connectivity index (χ0v) is 18.2. The van der Waals surface area contributed by atoms with Crippen LogP contribution in [0.15, 0.2) is 65.4 Å². The van der Waals surface area contributed by atoms with Gasteiger partial charge in [0.05, 0.1) is 6.54 Å². The maximum absolute atomic E-state index is 10.1. The van der Waals surface area contributed by atoms with Crippen molar-refractivity contribution in [3.8, 4) is 5.75 Å². The number of rotatable bonds is 6. The Balaban J connectivity index is 1.30. The van der Waals surface area contributed by atoms with Crippen molar-refractivity contribution in [1.29, 1.82) is 0 Å². The van der Waals surface area contributed by atoms with Gasteiger partial charge in [-0.2, -0.15) is 5.10 Å². The van der Waals surface area contributed by atoms with Crippen molar-refractivity contribution >= 4 is 26.8 Å². The number of hydrogen-bond donors (Lipinski definition) is 2. The SMILES string of the molecule is OC(COc1ccc(C2CCCc3c2[nH]c2ccc(Br)cc32)cc1)Cn1cccn1. The molecule has 5 nitrogen and oxygen atoms in total. The van der Waals surface area contributed by atoms with E-state index in [2.05, 4.69) is 56.3 Å². The highest BCUT2D eigenvalue weighted by Gasteiger charge is 2.25. The van der Waals surface area contributed by atoms with E-state index in [1.54, 1.807) is 10.9 Å². The summed E-state index contributed by atoms with van der Waals surface area (Å²) in [5.74, 6) is 1.15. The molecule has 2 unspecified atom stereocenters. The maximum atomic E-state index is 10.1. The van der Waals surface area contributed by atoms with Gasteiger partial charge in [-0.15, -0.1) is 0 Å². The van der Waals surface area contributed by atoms with Gasteiger partial charge in [0.15, 0.2) is 0 Å². The molecule has 1 aliphatic rings. The summed E-state index contributed by atoms with van der Waals surface area (Å²) in [6.07, 6.45) is 6.39. The van der Waals surface area contributed by atoms with Crippen LogP contribution in [0, 0.1) is 0 Å². The lowest BCUT2D eigenvalue weighted by molar-refractivity contribution is 0.0893. The van der Waals surface area contributed by atoms with Crippen LogP contribution in [-0.4, -0.2) is 32.6 Å². The zero-order valence-electron chi connectivity index (χ0n) is 16.6. The minimum Gasteiger partial charge on any atom is -0.491 e. The Morgan fingerprint density at radius 2 is 2.10 bits per heavy atom. The third-order valence-corrected chi connectivity index (χ3v) is 6.34. The molecule has 2 aromatic carbocycles. The summed E-state index contributed by atoms with van der Waals surface area (Å²) in [6.45, 7) is 0.663. The van der Waals surface area contributed by atoms with Crippen LogP contribution in [0.25, 0.3) is 10.9 Å². The Bertz CT molecular complexity index is 1140. The molecule has 0 amide bonds. The van der Waals surface area contributed by atoms with E-state index in [0.29, 0.717) is 12.5 Å². The van der Waals surface area contributed by atoms with Crippen molar-refractivity contribution in [3.63, 3.8) is 0 Å². The lowest BCUT2D eigenvalue weighted by atomic mass is 9.82. The third-order valence-electron chi connectivity index (χ3n) is 5.85. The number of aromatic nitrogens is 3. The highest BCUT2D eigenvalue weighted by atomic mass is 79.9. The van der Waals surface area contributed by atoms with E-state index in [9.17, 15) is 5.11 Å². The lowest BCUT2D eigenvalue weighted by Gasteiger charge is -2.23. The number of nitrogens with zero attached hydrogens (tertiary/aromatic N) is 2. The molecule has 0 spiro atoms. The van der Waals surface area contributed by atoms with Crippen LogP contribution >= 0.6 is 15.9 Å². The highest BCUT2D eigenvalue weighted by molar-refractivity contribution is 9.10. The molecular formula is C24H24BrN3O2. The standard InChI is InChI=1S/C24H24BrN3O2/c25-17-7-10-23-22(13-17)21-4-1-3-20(24(21)27-23)16-5-8-19(9-6-16)30-15-18(29)14-28-12-2-11-26-28/h2,5-13,18,20,27,29H,1,3-4,14-15H2. The quantitative estimate of drug-likeness (QED) is 0.419. The summed E-state index contributed by atoms with van der Waals surface area (Å²) in [4.78, 5) is 3.67. The van der Waals surface area contributed by atoms with E-state index in [1.165, 1.54) is 34.1 Å². The molecule has 0 aliphatic heterocycles. The Morgan fingerprint density at radius 3 is 2.90 bits per heavy atom. The molecule has 6 heteroatoms. The van der Waals surface area contributed by atoms with Gasteiger partial charge in [-0.1, -0.05) is 28.1 Å². The van der Waals surface area contributed by atoms with E-state index in [-0.39, 0.29) is 6.61 Å². The van der Waals surface area contributed by atoms with Crippen LogP contribution in [0.4, 0.5) is 0 Å². The first-order valence-corrected chi connectivity index (χ1v) is 11.1. The lowest BCUT2D eigenvalue weighted by Crippen LogP contribution is -2.23. The Kier molecular flexibility index (Phi) is 5.35. The maximum Gasteiger partial charge on any atom is 0.119 e. The minimum absolute atomic E-state index is 0.240. The summed E-state index contributed by atoms with van der Waals surface area (Å²) in [5, 5.41) is 15.6. The number of benzene rings is 2. The fourth-order valence-electron chi connectivity index (χ4n) is 4.43. The molecule has 5 rings (SSSR count). The number of ether oxygens (including phenoxy) is 1. The number of aliphatic hydroxyl groups excluding tert-OH is 1. The molecule has 0 fully saturated rings. The molecule has 2 N–H and O–H groups in total. The Morgan fingerprint density at radius 1 is 1.23 bits per heavy atom. The van der Waals surface area contributed by atoms with Gasteiger partial charge < -0.3 is 14.8 Å². The predicted molar refractivity (Wildman–Crippen MR) is 121 cm³/mol. The molecule has 2 aromatic heterocycles. The largest absolute Gasteiger partial charge is 0.491 e. The molecule has 30 heavy (non-hydrogen) atoms. The van der Waals surface area contributed by atoms with Gasteiger partial charge in [-0.3, -0.25) is 4.68 Å². The molecule has 0 bridgehead atoms. The summed E-state index contributed by atoms with van der Waals surface area (Å²) in [5.41, 5.74) is 5.30. The van der Waals surface area contributed by atoms with E-state index >= 15 is 0 Å². The van der Waals surface area contributed by atoms with Crippen molar-refractivity contribution in [2.24, 2.45) is 0 Å². The number of halogens is 1.